The highest BCUT2D eigenvalue weighted by atomic mass is 35.5. The molecule has 94 valence electrons. The molecule has 0 saturated carbocycles. The smallest absolute Gasteiger partial charge is 0.131 e. The molecule has 1 unspecified atom stereocenters. The van der Waals surface area contributed by atoms with Crippen molar-refractivity contribution < 1.29 is 5.11 Å². The number of rotatable bonds is 2. The number of pyridine rings is 1. The van der Waals surface area contributed by atoms with Crippen LogP contribution in [0, 0.1) is 0 Å². The van der Waals surface area contributed by atoms with Crippen molar-refractivity contribution in [3.05, 3.63) is 35.4 Å². The molecule has 1 aliphatic rings. The molecule has 0 aliphatic carbocycles. The van der Waals surface area contributed by atoms with Gasteiger partial charge in [-0.25, -0.2) is 4.98 Å². The van der Waals surface area contributed by atoms with Crippen LogP contribution >= 0.6 is 11.6 Å². The summed E-state index contributed by atoms with van der Waals surface area (Å²) in [5.41, 5.74) is 0.906. The maximum Gasteiger partial charge on any atom is 0.131 e. The normalized spacial score (nSPS) is 19.7. The van der Waals surface area contributed by atoms with E-state index in [1.54, 1.807) is 0 Å². The Bertz CT molecular complexity index is 573. The number of halogens is 1. The fourth-order valence-electron chi connectivity index (χ4n) is 2.59. The molecule has 1 fully saturated rings. The van der Waals surface area contributed by atoms with Crippen LogP contribution in [-0.2, 0) is 0 Å². The average Bonchev–Trinajstić information content (AvgIpc) is 2.87. The number of anilines is 1. The first kappa shape index (κ1) is 11.8. The minimum Gasteiger partial charge on any atom is -0.394 e. The molecule has 1 saturated heterocycles. The summed E-state index contributed by atoms with van der Waals surface area (Å²) in [4.78, 5) is 6.80. The van der Waals surface area contributed by atoms with E-state index in [0.29, 0.717) is 0 Å². The third kappa shape index (κ3) is 1.93. The number of para-hydroxylation sites is 1. The first-order valence-electron chi connectivity index (χ1n) is 6.22. The van der Waals surface area contributed by atoms with Crippen molar-refractivity contribution in [3.8, 4) is 0 Å². The molecule has 1 atom stereocenters. The van der Waals surface area contributed by atoms with Crippen molar-refractivity contribution in [2.75, 3.05) is 18.1 Å². The van der Waals surface area contributed by atoms with Gasteiger partial charge in [0.15, 0.2) is 0 Å². The summed E-state index contributed by atoms with van der Waals surface area (Å²) >= 11 is 6.30. The van der Waals surface area contributed by atoms with E-state index in [1.165, 1.54) is 0 Å². The topological polar surface area (TPSA) is 36.4 Å². The number of nitrogens with zero attached hydrogens (tertiary/aromatic N) is 2. The van der Waals surface area contributed by atoms with E-state index in [0.717, 1.165) is 41.1 Å². The molecule has 2 heterocycles. The number of fused-ring (bicyclic) bond motifs is 1. The second kappa shape index (κ2) is 4.75. The fraction of sp³-hybridized carbons (Fsp3) is 0.357. The van der Waals surface area contributed by atoms with Crippen LogP contribution in [0.2, 0.25) is 5.02 Å². The van der Waals surface area contributed by atoms with Gasteiger partial charge in [0.05, 0.1) is 23.2 Å². The number of hydrogen-bond donors (Lipinski definition) is 1. The highest BCUT2D eigenvalue weighted by molar-refractivity contribution is 6.35. The molecule has 0 bridgehead atoms. The lowest BCUT2D eigenvalue weighted by atomic mass is 10.2. The summed E-state index contributed by atoms with van der Waals surface area (Å²) in [5.74, 6) is 0.871. The summed E-state index contributed by atoms with van der Waals surface area (Å²) in [7, 11) is 0. The first-order valence-corrected chi connectivity index (χ1v) is 6.60. The molecule has 1 aliphatic heterocycles. The molecule has 1 aromatic heterocycles. The molecule has 0 amide bonds. The predicted molar refractivity (Wildman–Crippen MR) is 74.2 cm³/mol. The molecule has 18 heavy (non-hydrogen) atoms. The van der Waals surface area contributed by atoms with Crippen molar-refractivity contribution in [1.82, 2.24) is 4.98 Å². The van der Waals surface area contributed by atoms with Crippen molar-refractivity contribution in [1.29, 1.82) is 0 Å². The number of hydrogen-bond acceptors (Lipinski definition) is 3. The van der Waals surface area contributed by atoms with Crippen LogP contribution in [-0.4, -0.2) is 29.3 Å². The summed E-state index contributed by atoms with van der Waals surface area (Å²) in [5, 5.41) is 11.1. The Morgan fingerprint density at radius 3 is 3.06 bits per heavy atom. The zero-order chi connectivity index (χ0) is 12.5. The van der Waals surface area contributed by atoms with E-state index in [-0.39, 0.29) is 12.6 Å². The Kier molecular flexibility index (Phi) is 3.10. The lowest BCUT2D eigenvalue weighted by molar-refractivity contribution is 0.266. The lowest BCUT2D eigenvalue weighted by Gasteiger charge is -2.24. The number of aliphatic hydroxyl groups excluding tert-OH is 1. The molecule has 1 N–H and O–H groups in total. The van der Waals surface area contributed by atoms with Gasteiger partial charge in [-0.05, 0) is 25.0 Å². The summed E-state index contributed by atoms with van der Waals surface area (Å²) in [6, 6.07) is 9.94. The molecule has 4 heteroatoms. The average molecular weight is 263 g/mol. The Balaban J connectivity index is 2.07. The number of aromatic nitrogens is 1. The van der Waals surface area contributed by atoms with Gasteiger partial charge in [-0.3, -0.25) is 0 Å². The van der Waals surface area contributed by atoms with Crippen molar-refractivity contribution >= 4 is 28.3 Å². The van der Waals surface area contributed by atoms with Crippen LogP contribution in [0.3, 0.4) is 0 Å². The van der Waals surface area contributed by atoms with Crippen molar-refractivity contribution in [2.45, 2.75) is 18.9 Å². The van der Waals surface area contributed by atoms with Gasteiger partial charge in [-0.2, -0.15) is 0 Å². The van der Waals surface area contributed by atoms with E-state index in [2.05, 4.69) is 9.88 Å². The van der Waals surface area contributed by atoms with Gasteiger partial charge in [0.2, 0.25) is 0 Å². The summed E-state index contributed by atoms with van der Waals surface area (Å²) < 4.78 is 0. The molecule has 0 spiro atoms. The maximum atomic E-state index is 9.38. The number of aliphatic hydroxyl groups is 1. The Labute approximate surface area is 111 Å². The Hall–Kier alpha value is -1.32. The van der Waals surface area contributed by atoms with Crippen LogP contribution in [0.1, 0.15) is 12.8 Å². The lowest BCUT2D eigenvalue weighted by Crippen LogP contribution is -2.32. The second-order valence-electron chi connectivity index (χ2n) is 4.65. The van der Waals surface area contributed by atoms with Gasteiger partial charge < -0.3 is 10.0 Å². The zero-order valence-electron chi connectivity index (χ0n) is 10.0. The first-order chi connectivity index (χ1) is 8.79. The third-order valence-corrected chi connectivity index (χ3v) is 3.85. The van der Waals surface area contributed by atoms with E-state index in [4.69, 9.17) is 11.6 Å². The number of benzene rings is 1. The SMILES string of the molecule is OCC1CCCN1c1cc(Cl)c2ccccc2n1. The van der Waals surface area contributed by atoms with Gasteiger partial charge >= 0.3 is 0 Å². The van der Waals surface area contributed by atoms with Crippen LogP contribution < -0.4 is 4.90 Å². The molecule has 3 nitrogen and oxygen atoms in total. The fourth-order valence-corrected chi connectivity index (χ4v) is 2.85. The maximum absolute atomic E-state index is 9.38. The van der Waals surface area contributed by atoms with Crippen LogP contribution in [0.5, 0.6) is 0 Å². The molecule has 1 aromatic carbocycles. The van der Waals surface area contributed by atoms with Gasteiger partial charge in [0.25, 0.3) is 0 Å². The highest BCUT2D eigenvalue weighted by Gasteiger charge is 2.25. The van der Waals surface area contributed by atoms with E-state index in [1.807, 2.05) is 30.3 Å². The van der Waals surface area contributed by atoms with E-state index < -0.39 is 0 Å². The summed E-state index contributed by atoms with van der Waals surface area (Å²) in [6.07, 6.45) is 2.11. The van der Waals surface area contributed by atoms with Gasteiger partial charge in [0, 0.05) is 11.9 Å². The third-order valence-electron chi connectivity index (χ3n) is 3.53. The second-order valence-corrected chi connectivity index (χ2v) is 5.06. The minimum absolute atomic E-state index is 0.173. The van der Waals surface area contributed by atoms with Gasteiger partial charge in [-0.1, -0.05) is 29.8 Å². The van der Waals surface area contributed by atoms with Crippen molar-refractivity contribution in [2.24, 2.45) is 0 Å². The van der Waals surface area contributed by atoms with Crippen LogP contribution in [0.4, 0.5) is 5.82 Å². The predicted octanol–water partition coefficient (Wildman–Crippen LogP) is 2.85. The van der Waals surface area contributed by atoms with Gasteiger partial charge in [0.1, 0.15) is 5.82 Å². The van der Waals surface area contributed by atoms with Crippen LogP contribution in [0.25, 0.3) is 10.9 Å². The molecular formula is C14H15ClN2O. The van der Waals surface area contributed by atoms with E-state index in [9.17, 15) is 5.11 Å². The van der Waals surface area contributed by atoms with Crippen molar-refractivity contribution in [3.63, 3.8) is 0 Å². The summed E-state index contributed by atoms with van der Waals surface area (Å²) in [6.45, 7) is 1.11. The Morgan fingerprint density at radius 1 is 1.39 bits per heavy atom. The van der Waals surface area contributed by atoms with E-state index >= 15 is 0 Å². The largest absolute Gasteiger partial charge is 0.394 e. The quantitative estimate of drug-likeness (QED) is 0.904. The monoisotopic (exact) mass is 262 g/mol. The molecular weight excluding hydrogens is 248 g/mol. The molecule has 0 radical (unpaired) electrons. The minimum atomic E-state index is 0.173. The Morgan fingerprint density at radius 2 is 2.22 bits per heavy atom. The van der Waals surface area contributed by atoms with Gasteiger partial charge in [-0.15, -0.1) is 0 Å². The highest BCUT2D eigenvalue weighted by Crippen LogP contribution is 2.30. The van der Waals surface area contributed by atoms with Crippen LogP contribution in [0.15, 0.2) is 30.3 Å². The molecule has 2 aromatic rings. The molecule has 3 rings (SSSR count). The zero-order valence-corrected chi connectivity index (χ0v) is 10.8. The standard InChI is InChI=1S/C14H15ClN2O/c15-12-8-14(17-7-3-4-10(17)9-18)16-13-6-2-1-5-11(12)13/h1-2,5-6,8,10,18H,3-4,7,9H2.